The number of anilines is 1. The molecule has 0 bridgehead atoms. The smallest absolute Gasteiger partial charge is 0.251 e. The third kappa shape index (κ3) is 5.71. The molecule has 0 saturated carbocycles. The predicted octanol–water partition coefficient (Wildman–Crippen LogP) is 2.34. The average molecular weight is 482 g/mol. The van der Waals surface area contributed by atoms with Gasteiger partial charge in [0.15, 0.2) is 0 Å². The van der Waals surface area contributed by atoms with E-state index in [1.54, 1.807) is 31.4 Å². The number of hydrogen-bond donors (Lipinski definition) is 1. The Kier molecular flexibility index (Phi) is 7.15. The first kappa shape index (κ1) is 21.6. The fourth-order valence-corrected chi connectivity index (χ4v) is 4.75. The molecule has 0 spiro atoms. The van der Waals surface area contributed by atoms with Crippen molar-refractivity contribution in [3.05, 3.63) is 58.6 Å². The van der Waals surface area contributed by atoms with Crippen molar-refractivity contribution in [1.82, 2.24) is 9.62 Å². The zero-order valence-corrected chi connectivity index (χ0v) is 18.6. The molecule has 0 aliphatic carbocycles. The molecule has 0 unspecified atom stereocenters. The Morgan fingerprint density at radius 1 is 1.03 bits per heavy atom. The lowest BCUT2D eigenvalue weighted by Crippen LogP contribution is -2.50. The summed E-state index contributed by atoms with van der Waals surface area (Å²) < 4.78 is 32.8. The van der Waals surface area contributed by atoms with Crippen LogP contribution in [0.4, 0.5) is 5.69 Å². The van der Waals surface area contributed by atoms with E-state index in [1.807, 2.05) is 24.3 Å². The Morgan fingerprint density at radius 3 is 2.24 bits per heavy atom. The Hall–Kier alpha value is -2.10. The lowest BCUT2D eigenvalue weighted by molar-refractivity contribution is 0.0956. The molecule has 2 aromatic rings. The summed E-state index contributed by atoms with van der Waals surface area (Å²) in [6, 6.07) is 14.7. The molecular weight excluding hydrogens is 458 g/mol. The van der Waals surface area contributed by atoms with Gasteiger partial charge in [-0.05, 0) is 48.5 Å². The van der Waals surface area contributed by atoms with Crippen LogP contribution in [0.3, 0.4) is 0 Å². The summed E-state index contributed by atoms with van der Waals surface area (Å²) in [5.74, 6) is 0.398. The van der Waals surface area contributed by atoms with Crippen LogP contribution in [0, 0.1) is 0 Å². The highest BCUT2D eigenvalue weighted by molar-refractivity contribution is 9.10. The molecule has 3 rings (SSSR count). The van der Waals surface area contributed by atoms with Crippen molar-refractivity contribution in [2.24, 2.45) is 0 Å². The number of ether oxygens (including phenoxy) is 1. The Bertz CT molecular complexity index is 925. The summed E-state index contributed by atoms with van der Waals surface area (Å²) in [7, 11) is -1.79. The number of halogens is 1. The van der Waals surface area contributed by atoms with E-state index in [2.05, 4.69) is 26.1 Å². The first-order valence-corrected chi connectivity index (χ1v) is 11.7. The lowest BCUT2D eigenvalue weighted by Gasteiger charge is -2.35. The van der Waals surface area contributed by atoms with Crippen molar-refractivity contribution < 1.29 is 17.9 Å². The maximum Gasteiger partial charge on any atom is 0.251 e. The molecule has 29 heavy (non-hydrogen) atoms. The highest BCUT2D eigenvalue weighted by atomic mass is 79.9. The monoisotopic (exact) mass is 481 g/mol. The second kappa shape index (κ2) is 9.60. The fraction of sp³-hybridized carbons (Fsp3) is 0.350. The molecule has 1 amide bonds. The minimum atomic E-state index is -3.42. The van der Waals surface area contributed by atoms with Crippen LogP contribution in [0.25, 0.3) is 0 Å². The molecule has 9 heteroatoms. The summed E-state index contributed by atoms with van der Waals surface area (Å²) in [5.41, 5.74) is 1.54. The van der Waals surface area contributed by atoms with Crippen molar-refractivity contribution in [2.75, 3.05) is 50.5 Å². The van der Waals surface area contributed by atoms with Crippen molar-refractivity contribution in [2.45, 2.75) is 0 Å². The zero-order valence-electron chi connectivity index (χ0n) is 16.2. The largest absolute Gasteiger partial charge is 0.497 e. The van der Waals surface area contributed by atoms with Crippen LogP contribution >= 0.6 is 15.9 Å². The molecular formula is C20H24BrN3O4S. The number of rotatable bonds is 7. The van der Waals surface area contributed by atoms with Crippen LogP contribution in [0.1, 0.15) is 10.4 Å². The molecule has 0 aromatic heterocycles. The number of methoxy groups -OCH3 is 1. The van der Waals surface area contributed by atoms with Gasteiger partial charge in [0.05, 0.1) is 12.9 Å². The van der Waals surface area contributed by atoms with Gasteiger partial charge in [-0.2, -0.15) is 4.31 Å². The predicted molar refractivity (Wildman–Crippen MR) is 117 cm³/mol. The van der Waals surface area contributed by atoms with Gasteiger partial charge in [-0.1, -0.05) is 15.9 Å². The van der Waals surface area contributed by atoms with E-state index in [0.29, 0.717) is 31.7 Å². The second-order valence-corrected chi connectivity index (χ2v) is 9.67. The number of piperazine rings is 1. The Morgan fingerprint density at radius 2 is 1.66 bits per heavy atom. The number of amides is 1. The molecule has 0 atom stereocenters. The Labute approximate surface area is 179 Å². The molecule has 156 valence electrons. The van der Waals surface area contributed by atoms with Crippen LogP contribution < -0.4 is 15.0 Å². The summed E-state index contributed by atoms with van der Waals surface area (Å²) >= 11 is 3.32. The van der Waals surface area contributed by atoms with Gasteiger partial charge in [-0.25, -0.2) is 8.42 Å². The molecule has 1 aliphatic heterocycles. The molecule has 1 fully saturated rings. The lowest BCUT2D eigenvalue weighted by atomic mass is 10.2. The van der Waals surface area contributed by atoms with Gasteiger partial charge in [-0.15, -0.1) is 0 Å². The third-order valence-corrected chi connectivity index (χ3v) is 7.22. The molecule has 1 saturated heterocycles. The summed E-state index contributed by atoms with van der Waals surface area (Å²) in [6.07, 6.45) is 0. The number of carbonyl (C=O) groups excluding carboxylic acids is 1. The van der Waals surface area contributed by atoms with E-state index in [0.717, 1.165) is 15.9 Å². The van der Waals surface area contributed by atoms with E-state index in [-0.39, 0.29) is 18.2 Å². The molecule has 0 radical (unpaired) electrons. The summed E-state index contributed by atoms with van der Waals surface area (Å²) in [4.78, 5) is 14.3. The SMILES string of the molecule is COc1ccc(N2CCN(S(=O)(=O)CCNC(=O)c3ccc(Br)cc3)CC2)cc1. The molecule has 7 nitrogen and oxygen atoms in total. The van der Waals surface area contributed by atoms with Crippen LogP contribution in [0.5, 0.6) is 5.75 Å². The number of hydrogen-bond acceptors (Lipinski definition) is 5. The first-order chi connectivity index (χ1) is 13.9. The summed E-state index contributed by atoms with van der Waals surface area (Å²) in [5, 5.41) is 2.68. The average Bonchev–Trinajstić information content (AvgIpc) is 2.74. The van der Waals surface area contributed by atoms with E-state index in [9.17, 15) is 13.2 Å². The minimum Gasteiger partial charge on any atom is -0.497 e. The van der Waals surface area contributed by atoms with Gasteiger partial charge in [-0.3, -0.25) is 4.79 Å². The van der Waals surface area contributed by atoms with Crippen molar-refractivity contribution in [3.63, 3.8) is 0 Å². The molecule has 1 aliphatic rings. The van der Waals surface area contributed by atoms with Gasteiger partial charge in [0.25, 0.3) is 5.91 Å². The first-order valence-electron chi connectivity index (χ1n) is 9.29. The fourth-order valence-electron chi connectivity index (χ4n) is 3.14. The van der Waals surface area contributed by atoms with E-state index in [4.69, 9.17) is 4.74 Å². The van der Waals surface area contributed by atoms with Crippen LogP contribution in [-0.4, -0.2) is 64.2 Å². The second-order valence-electron chi connectivity index (χ2n) is 6.66. The highest BCUT2D eigenvalue weighted by Crippen LogP contribution is 2.21. The van der Waals surface area contributed by atoms with Crippen molar-refractivity contribution >= 4 is 37.5 Å². The minimum absolute atomic E-state index is 0.0793. The number of nitrogens with zero attached hydrogens (tertiary/aromatic N) is 2. The van der Waals surface area contributed by atoms with E-state index in [1.165, 1.54) is 4.31 Å². The Balaban J connectivity index is 1.47. The highest BCUT2D eigenvalue weighted by Gasteiger charge is 2.27. The van der Waals surface area contributed by atoms with Crippen molar-refractivity contribution in [1.29, 1.82) is 0 Å². The van der Waals surface area contributed by atoms with Gasteiger partial charge in [0, 0.05) is 48.4 Å². The van der Waals surface area contributed by atoms with E-state index < -0.39 is 10.0 Å². The number of benzene rings is 2. The maximum atomic E-state index is 12.6. The molecule has 2 aromatic carbocycles. The van der Waals surface area contributed by atoms with Crippen LogP contribution in [-0.2, 0) is 10.0 Å². The van der Waals surface area contributed by atoms with Gasteiger partial charge in [0.2, 0.25) is 10.0 Å². The maximum absolute atomic E-state index is 12.6. The number of sulfonamides is 1. The molecule has 1 heterocycles. The van der Waals surface area contributed by atoms with Crippen LogP contribution in [0.15, 0.2) is 53.0 Å². The number of carbonyl (C=O) groups is 1. The van der Waals surface area contributed by atoms with Crippen molar-refractivity contribution in [3.8, 4) is 5.75 Å². The third-order valence-electron chi connectivity index (χ3n) is 4.82. The van der Waals surface area contributed by atoms with Gasteiger partial charge < -0.3 is 15.0 Å². The zero-order chi connectivity index (χ0) is 20.9. The quantitative estimate of drug-likeness (QED) is 0.656. The van der Waals surface area contributed by atoms with Gasteiger partial charge in [0.1, 0.15) is 5.75 Å². The number of nitrogens with one attached hydrogen (secondary N) is 1. The van der Waals surface area contributed by atoms with Gasteiger partial charge >= 0.3 is 0 Å². The standard InChI is InChI=1S/C20H24BrN3O4S/c1-28-19-8-6-18(7-9-19)23-11-13-24(14-12-23)29(26,27)15-10-22-20(25)16-2-4-17(21)5-3-16/h2-9H,10-15H2,1H3,(H,22,25). The topological polar surface area (TPSA) is 79.0 Å². The summed E-state index contributed by atoms with van der Waals surface area (Å²) in [6.45, 7) is 2.17. The van der Waals surface area contributed by atoms with E-state index >= 15 is 0 Å². The molecule has 1 N–H and O–H groups in total. The van der Waals surface area contributed by atoms with Crippen LogP contribution in [0.2, 0.25) is 0 Å². The normalized spacial score (nSPS) is 15.2.